The van der Waals surface area contributed by atoms with Crippen LogP contribution in [0, 0.1) is 18.3 Å². The molecule has 68 valence electrons. The molecule has 0 aliphatic heterocycles. The van der Waals surface area contributed by atoms with Gasteiger partial charge in [-0.2, -0.15) is 5.26 Å². The first kappa shape index (κ1) is 9.94. The summed E-state index contributed by atoms with van der Waals surface area (Å²) in [4.78, 5) is 1.09. The van der Waals surface area contributed by atoms with E-state index in [1.807, 2.05) is 32.0 Å². The molecule has 1 aromatic rings. The number of nitriles is 1. The molecule has 0 spiro atoms. The van der Waals surface area contributed by atoms with E-state index in [4.69, 9.17) is 11.0 Å². The van der Waals surface area contributed by atoms with Crippen molar-refractivity contribution >= 4 is 17.4 Å². The standard InChI is InChI=1S/C10H12N2S/c1-7-3-4-9(12)5-10(7)13-8(2)6-11/h3-5,8H,12H2,1-2H3. The highest BCUT2D eigenvalue weighted by Crippen LogP contribution is 2.27. The molecule has 2 nitrogen and oxygen atoms in total. The van der Waals surface area contributed by atoms with Gasteiger partial charge in [0, 0.05) is 10.6 Å². The summed E-state index contributed by atoms with van der Waals surface area (Å²) in [6.07, 6.45) is 0. The Kier molecular flexibility index (Phi) is 3.21. The van der Waals surface area contributed by atoms with Crippen molar-refractivity contribution in [3.63, 3.8) is 0 Å². The highest BCUT2D eigenvalue weighted by atomic mass is 32.2. The zero-order chi connectivity index (χ0) is 9.84. The molecule has 0 saturated carbocycles. The van der Waals surface area contributed by atoms with Gasteiger partial charge in [0.05, 0.1) is 11.3 Å². The Bertz CT molecular complexity index is 341. The molecule has 2 N–H and O–H groups in total. The predicted molar refractivity (Wildman–Crippen MR) is 56.5 cm³/mol. The number of anilines is 1. The van der Waals surface area contributed by atoms with Gasteiger partial charge in [-0.3, -0.25) is 0 Å². The van der Waals surface area contributed by atoms with Crippen molar-refractivity contribution in [2.75, 3.05) is 5.73 Å². The van der Waals surface area contributed by atoms with Gasteiger partial charge in [-0.1, -0.05) is 6.07 Å². The third-order valence-corrected chi connectivity index (χ3v) is 2.85. The van der Waals surface area contributed by atoms with E-state index in [1.165, 1.54) is 5.56 Å². The molecule has 0 bridgehead atoms. The van der Waals surface area contributed by atoms with Crippen molar-refractivity contribution in [2.45, 2.75) is 24.0 Å². The van der Waals surface area contributed by atoms with Crippen LogP contribution in [0.2, 0.25) is 0 Å². The lowest BCUT2D eigenvalue weighted by Crippen LogP contribution is -1.93. The molecule has 0 amide bonds. The van der Waals surface area contributed by atoms with Crippen LogP contribution in [-0.4, -0.2) is 5.25 Å². The van der Waals surface area contributed by atoms with Gasteiger partial charge in [0.15, 0.2) is 0 Å². The van der Waals surface area contributed by atoms with Crippen LogP contribution < -0.4 is 5.73 Å². The molecule has 0 aliphatic carbocycles. The van der Waals surface area contributed by atoms with E-state index in [0.717, 1.165) is 10.6 Å². The highest BCUT2D eigenvalue weighted by Gasteiger charge is 2.05. The molecule has 13 heavy (non-hydrogen) atoms. The van der Waals surface area contributed by atoms with E-state index in [0.29, 0.717) is 0 Å². The minimum Gasteiger partial charge on any atom is -0.399 e. The number of nitrogens with two attached hydrogens (primary N) is 1. The van der Waals surface area contributed by atoms with E-state index in [2.05, 4.69) is 6.07 Å². The molecule has 0 saturated heterocycles. The first-order valence-corrected chi connectivity index (χ1v) is 4.94. The molecule has 0 radical (unpaired) electrons. The Hall–Kier alpha value is -1.14. The number of nitrogen functional groups attached to an aromatic ring is 1. The molecule has 0 heterocycles. The Labute approximate surface area is 82.7 Å². The Balaban J connectivity index is 2.88. The third-order valence-electron chi connectivity index (χ3n) is 1.70. The van der Waals surface area contributed by atoms with Crippen molar-refractivity contribution in [2.24, 2.45) is 0 Å². The summed E-state index contributed by atoms with van der Waals surface area (Å²) in [6.45, 7) is 3.90. The van der Waals surface area contributed by atoms with Crippen LogP contribution in [0.25, 0.3) is 0 Å². The Morgan fingerprint density at radius 2 is 2.23 bits per heavy atom. The number of aryl methyl sites for hydroxylation is 1. The van der Waals surface area contributed by atoms with Crippen LogP contribution in [0.1, 0.15) is 12.5 Å². The normalized spacial score (nSPS) is 12.1. The van der Waals surface area contributed by atoms with E-state index in [1.54, 1.807) is 11.8 Å². The number of nitrogens with zero attached hydrogens (tertiary/aromatic N) is 1. The average Bonchev–Trinajstić information content (AvgIpc) is 2.11. The second kappa shape index (κ2) is 4.20. The summed E-state index contributed by atoms with van der Waals surface area (Å²) in [5.41, 5.74) is 7.56. The van der Waals surface area contributed by atoms with Crippen LogP contribution in [0.5, 0.6) is 0 Å². The first-order valence-electron chi connectivity index (χ1n) is 4.06. The van der Waals surface area contributed by atoms with Gasteiger partial charge < -0.3 is 5.73 Å². The van der Waals surface area contributed by atoms with E-state index in [-0.39, 0.29) is 5.25 Å². The molecule has 1 unspecified atom stereocenters. The lowest BCUT2D eigenvalue weighted by Gasteiger charge is -2.07. The maximum absolute atomic E-state index is 8.65. The van der Waals surface area contributed by atoms with Gasteiger partial charge in [-0.05, 0) is 31.5 Å². The fourth-order valence-electron chi connectivity index (χ4n) is 0.960. The van der Waals surface area contributed by atoms with Crippen molar-refractivity contribution in [1.29, 1.82) is 5.26 Å². The monoisotopic (exact) mass is 192 g/mol. The minimum absolute atomic E-state index is 0.0273. The highest BCUT2D eigenvalue weighted by molar-refractivity contribution is 8.00. The van der Waals surface area contributed by atoms with Crippen LogP contribution in [0.3, 0.4) is 0 Å². The van der Waals surface area contributed by atoms with Gasteiger partial charge in [0.25, 0.3) is 0 Å². The van der Waals surface area contributed by atoms with E-state index < -0.39 is 0 Å². The zero-order valence-electron chi connectivity index (χ0n) is 7.74. The smallest absolute Gasteiger partial charge is 0.0935 e. The molecular weight excluding hydrogens is 180 g/mol. The molecule has 0 aliphatic rings. The number of hydrogen-bond donors (Lipinski definition) is 1. The summed E-state index contributed by atoms with van der Waals surface area (Å²) in [5.74, 6) is 0. The molecule has 1 atom stereocenters. The van der Waals surface area contributed by atoms with Crippen molar-refractivity contribution in [1.82, 2.24) is 0 Å². The maximum Gasteiger partial charge on any atom is 0.0935 e. The predicted octanol–water partition coefficient (Wildman–Crippen LogP) is 2.58. The molecule has 0 aromatic heterocycles. The van der Waals surface area contributed by atoms with Gasteiger partial charge in [-0.25, -0.2) is 0 Å². The summed E-state index contributed by atoms with van der Waals surface area (Å²) in [5, 5.41) is 8.63. The van der Waals surface area contributed by atoms with Crippen LogP contribution >= 0.6 is 11.8 Å². The van der Waals surface area contributed by atoms with Gasteiger partial charge in [0.1, 0.15) is 0 Å². The van der Waals surface area contributed by atoms with Gasteiger partial charge in [-0.15, -0.1) is 11.8 Å². The van der Waals surface area contributed by atoms with Gasteiger partial charge in [0.2, 0.25) is 0 Å². The van der Waals surface area contributed by atoms with E-state index >= 15 is 0 Å². The quantitative estimate of drug-likeness (QED) is 0.578. The second-order valence-electron chi connectivity index (χ2n) is 2.91. The van der Waals surface area contributed by atoms with E-state index in [9.17, 15) is 0 Å². The third kappa shape index (κ3) is 2.67. The summed E-state index contributed by atoms with van der Waals surface area (Å²) < 4.78 is 0. The van der Waals surface area contributed by atoms with Crippen molar-refractivity contribution in [3.05, 3.63) is 23.8 Å². The minimum atomic E-state index is -0.0273. The zero-order valence-corrected chi connectivity index (χ0v) is 8.56. The van der Waals surface area contributed by atoms with Crippen molar-refractivity contribution < 1.29 is 0 Å². The molecule has 3 heteroatoms. The second-order valence-corrected chi connectivity index (χ2v) is 4.30. The van der Waals surface area contributed by atoms with Crippen LogP contribution in [-0.2, 0) is 0 Å². The Morgan fingerprint density at radius 1 is 1.54 bits per heavy atom. The molecule has 1 rings (SSSR count). The van der Waals surface area contributed by atoms with Gasteiger partial charge >= 0.3 is 0 Å². The number of hydrogen-bond acceptors (Lipinski definition) is 3. The molecule has 0 fully saturated rings. The number of rotatable bonds is 2. The largest absolute Gasteiger partial charge is 0.399 e. The fourth-order valence-corrected chi connectivity index (χ4v) is 1.85. The summed E-state index contributed by atoms with van der Waals surface area (Å²) in [6, 6.07) is 7.94. The van der Waals surface area contributed by atoms with Crippen molar-refractivity contribution in [3.8, 4) is 6.07 Å². The lowest BCUT2D eigenvalue weighted by atomic mass is 10.2. The molecule has 1 aromatic carbocycles. The lowest BCUT2D eigenvalue weighted by molar-refractivity contribution is 1.22. The maximum atomic E-state index is 8.65. The Morgan fingerprint density at radius 3 is 2.85 bits per heavy atom. The number of benzene rings is 1. The SMILES string of the molecule is Cc1ccc(N)cc1SC(C)C#N. The molecular formula is C10H12N2S. The first-order chi connectivity index (χ1) is 6.13. The summed E-state index contributed by atoms with van der Waals surface area (Å²) in [7, 11) is 0. The topological polar surface area (TPSA) is 49.8 Å². The fraction of sp³-hybridized carbons (Fsp3) is 0.300. The summed E-state index contributed by atoms with van der Waals surface area (Å²) >= 11 is 1.54. The van der Waals surface area contributed by atoms with Crippen LogP contribution in [0.15, 0.2) is 23.1 Å². The average molecular weight is 192 g/mol. The van der Waals surface area contributed by atoms with Crippen LogP contribution in [0.4, 0.5) is 5.69 Å². The number of thioether (sulfide) groups is 1.